The summed E-state index contributed by atoms with van der Waals surface area (Å²) in [5, 5.41) is 0. The molecule has 0 rings (SSSR count). The second-order valence-electron chi connectivity index (χ2n) is 2.71. The van der Waals surface area contributed by atoms with Gasteiger partial charge in [0.05, 0.1) is 0 Å². The van der Waals surface area contributed by atoms with Gasteiger partial charge in [-0.15, -0.1) is 0 Å². The number of hydrogen-bond donors (Lipinski definition) is 0. The molecule has 0 amide bonds. The van der Waals surface area contributed by atoms with Crippen LogP contribution < -0.4 is 0 Å². The molecule has 0 unspecified atom stereocenters. The van der Waals surface area contributed by atoms with Crippen LogP contribution in [0.3, 0.4) is 0 Å². The van der Waals surface area contributed by atoms with Gasteiger partial charge in [0.2, 0.25) is 5.79 Å². The highest BCUT2D eigenvalue weighted by atomic mass is 16.7. The van der Waals surface area contributed by atoms with Crippen LogP contribution in [0.25, 0.3) is 0 Å². The van der Waals surface area contributed by atoms with Crippen LogP contribution in [0, 0.1) is 0 Å². The summed E-state index contributed by atoms with van der Waals surface area (Å²) in [6.07, 6.45) is 0. The molecule has 0 atom stereocenters. The predicted octanol–water partition coefficient (Wildman–Crippen LogP) is 0.475. The van der Waals surface area contributed by atoms with Crippen LogP contribution in [0.15, 0.2) is 0 Å². The van der Waals surface area contributed by atoms with Crippen molar-refractivity contribution in [2.45, 2.75) is 26.6 Å². The van der Waals surface area contributed by atoms with E-state index in [1.165, 1.54) is 0 Å². The van der Waals surface area contributed by atoms with Gasteiger partial charge in [-0.2, -0.15) is 0 Å². The van der Waals surface area contributed by atoms with Gasteiger partial charge in [-0.25, -0.2) is 4.79 Å². The fourth-order valence-electron chi connectivity index (χ4n) is 0.783. The quantitative estimate of drug-likeness (QED) is 0.346. The first-order chi connectivity index (χ1) is 6.02. The SMILES string of the molecule is CCOC(C)(C)OC(=O)COC=O. The maximum absolute atomic E-state index is 10.9. The highest BCUT2D eigenvalue weighted by molar-refractivity contribution is 5.72. The summed E-state index contributed by atoms with van der Waals surface area (Å²) in [7, 11) is 0. The van der Waals surface area contributed by atoms with Gasteiger partial charge in [0.1, 0.15) is 0 Å². The first-order valence-electron chi connectivity index (χ1n) is 3.93. The van der Waals surface area contributed by atoms with Gasteiger partial charge in [0.25, 0.3) is 6.47 Å². The molecule has 0 N–H and O–H groups in total. The van der Waals surface area contributed by atoms with Gasteiger partial charge in [0, 0.05) is 20.5 Å². The Kier molecular flexibility index (Phi) is 5.06. The van der Waals surface area contributed by atoms with E-state index in [1.54, 1.807) is 20.8 Å². The summed E-state index contributed by atoms with van der Waals surface area (Å²) in [5.74, 6) is -1.61. The lowest BCUT2D eigenvalue weighted by atomic mass is 10.4. The van der Waals surface area contributed by atoms with E-state index < -0.39 is 11.8 Å². The largest absolute Gasteiger partial charge is 0.456 e. The van der Waals surface area contributed by atoms with Gasteiger partial charge in [-0.3, -0.25) is 4.79 Å². The Morgan fingerprint density at radius 3 is 2.54 bits per heavy atom. The van der Waals surface area contributed by atoms with Crippen molar-refractivity contribution in [3.63, 3.8) is 0 Å². The van der Waals surface area contributed by atoms with Crippen molar-refractivity contribution in [3.8, 4) is 0 Å². The Bertz CT molecular complexity index is 175. The minimum absolute atomic E-state index is 0.189. The van der Waals surface area contributed by atoms with Crippen molar-refractivity contribution < 1.29 is 23.8 Å². The summed E-state index contributed by atoms with van der Waals surface area (Å²) in [6.45, 7) is 5.24. The van der Waals surface area contributed by atoms with E-state index in [9.17, 15) is 9.59 Å². The Hall–Kier alpha value is -1.10. The zero-order chi connectivity index (χ0) is 10.3. The lowest BCUT2D eigenvalue weighted by Crippen LogP contribution is -2.32. The molecule has 0 aliphatic carbocycles. The number of ether oxygens (including phenoxy) is 3. The highest BCUT2D eigenvalue weighted by Gasteiger charge is 2.22. The van der Waals surface area contributed by atoms with Crippen LogP contribution in [-0.4, -0.2) is 31.4 Å². The Morgan fingerprint density at radius 2 is 2.08 bits per heavy atom. The van der Waals surface area contributed by atoms with E-state index in [1.807, 2.05) is 0 Å². The smallest absolute Gasteiger partial charge is 0.346 e. The Morgan fingerprint density at radius 1 is 1.46 bits per heavy atom. The topological polar surface area (TPSA) is 61.8 Å². The molecular formula is C8H14O5. The van der Waals surface area contributed by atoms with E-state index in [2.05, 4.69) is 4.74 Å². The molecule has 0 aromatic heterocycles. The molecule has 0 aliphatic heterocycles. The summed E-state index contributed by atoms with van der Waals surface area (Å²) in [6, 6.07) is 0. The lowest BCUT2D eigenvalue weighted by Gasteiger charge is -2.24. The van der Waals surface area contributed by atoms with Crippen molar-refractivity contribution in [3.05, 3.63) is 0 Å². The Balaban J connectivity index is 3.81. The fourth-order valence-corrected chi connectivity index (χ4v) is 0.783. The number of carbonyl (C=O) groups excluding carboxylic acids is 2. The van der Waals surface area contributed by atoms with Crippen molar-refractivity contribution in [2.75, 3.05) is 13.2 Å². The molecule has 5 nitrogen and oxygen atoms in total. The van der Waals surface area contributed by atoms with E-state index in [-0.39, 0.29) is 13.1 Å². The van der Waals surface area contributed by atoms with Crippen molar-refractivity contribution in [1.82, 2.24) is 0 Å². The molecule has 0 saturated heterocycles. The van der Waals surface area contributed by atoms with Crippen LogP contribution in [0.2, 0.25) is 0 Å². The third-order valence-electron chi connectivity index (χ3n) is 1.12. The van der Waals surface area contributed by atoms with E-state index in [4.69, 9.17) is 9.47 Å². The monoisotopic (exact) mass is 190 g/mol. The first kappa shape index (κ1) is 11.9. The number of esters is 1. The summed E-state index contributed by atoms with van der Waals surface area (Å²) in [5.41, 5.74) is 0. The molecule has 0 bridgehead atoms. The van der Waals surface area contributed by atoms with Gasteiger partial charge in [0.15, 0.2) is 6.61 Å². The molecule has 0 saturated carbocycles. The summed E-state index contributed by atoms with van der Waals surface area (Å²) < 4.78 is 14.1. The molecule has 0 fully saturated rings. The van der Waals surface area contributed by atoms with Crippen LogP contribution in [0.1, 0.15) is 20.8 Å². The molecule has 0 aromatic carbocycles. The number of hydrogen-bond acceptors (Lipinski definition) is 5. The lowest BCUT2D eigenvalue weighted by molar-refractivity contribution is -0.217. The van der Waals surface area contributed by atoms with Crippen molar-refractivity contribution in [1.29, 1.82) is 0 Å². The average Bonchev–Trinajstić information content (AvgIpc) is 1.99. The molecular weight excluding hydrogens is 176 g/mol. The van der Waals surface area contributed by atoms with E-state index >= 15 is 0 Å². The van der Waals surface area contributed by atoms with Crippen LogP contribution in [0.5, 0.6) is 0 Å². The zero-order valence-electron chi connectivity index (χ0n) is 8.03. The highest BCUT2D eigenvalue weighted by Crippen LogP contribution is 2.10. The van der Waals surface area contributed by atoms with E-state index in [0.717, 1.165) is 0 Å². The van der Waals surface area contributed by atoms with Gasteiger partial charge >= 0.3 is 5.97 Å². The molecule has 76 valence electrons. The maximum Gasteiger partial charge on any atom is 0.346 e. The van der Waals surface area contributed by atoms with E-state index in [0.29, 0.717) is 6.61 Å². The predicted molar refractivity (Wildman–Crippen MR) is 43.8 cm³/mol. The first-order valence-corrected chi connectivity index (χ1v) is 3.93. The third-order valence-corrected chi connectivity index (χ3v) is 1.12. The maximum atomic E-state index is 10.9. The molecule has 0 aromatic rings. The fraction of sp³-hybridized carbons (Fsp3) is 0.750. The second kappa shape index (κ2) is 5.53. The standard InChI is InChI=1S/C8H14O5/c1-4-12-8(2,3)13-7(10)5-11-6-9/h6H,4-5H2,1-3H3. The van der Waals surface area contributed by atoms with Crippen molar-refractivity contribution in [2.24, 2.45) is 0 Å². The molecule has 0 spiro atoms. The minimum Gasteiger partial charge on any atom is -0.456 e. The van der Waals surface area contributed by atoms with Crippen LogP contribution >= 0.6 is 0 Å². The molecule has 13 heavy (non-hydrogen) atoms. The third kappa shape index (κ3) is 6.10. The van der Waals surface area contributed by atoms with Gasteiger partial charge < -0.3 is 14.2 Å². The molecule has 5 heteroatoms. The molecule has 0 radical (unpaired) electrons. The zero-order valence-corrected chi connectivity index (χ0v) is 8.03. The van der Waals surface area contributed by atoms with Gasteiger partial charge in [-0.05, 0) is 6.92 Å². The number of rotatable bonds is 6. The van der Waals surface area contributed by atoms with Crippen LogP contribution in [-0.2, 0) is 23.8 Å². The Labute approximate surface area is 77.0 Å². The number of carbonyl (C=O) groups is 2. The molecule has 0 aliphatic rings. The summed E-state index contributed by atoms with van der Waals surface area (Å²) >= 11 is 0. The van der Waals surface area contributed by atoms with Gasteiger partial charge in [-0.1, -0.05) is 0 Å². The average molecular weight is 190 g/mol. The molecule has 0 heterocycles. The van der Waals surface area contributed by atoms with Crippen LogP contribution in [0.4, 0.5) is 0 Å². The van der Waals surface area contributed by atoms with Crippen molar-refractivity contribution >= 4 is 12.4 Å². The summed E-state index contributed by atoms with van der Waals surface area (Å²) in [4.78, 5) is 20.6. The normalized spacial score (nSPS) is 10.7. The second-order valence-corrected chi connectivity index (χ2v) is 2.71. The minimum atomic E-state index is -0.974.